The quantitative estimate of drug-likeness (QED) is 0.317. The largest absolute Gasteiger partial charge is 0.315 e. The normalized spacial score (nSPS) is 11.1. The fraction of sp³-hybridized carbons (Fsp3) is 0.0370. The molecule has 0 atom stereocenters. The monoisotopic (exact) mass is 374 g/mol. The van der Waals surface area contributed by atoms with Crippen LogP contribution in [0.5, 0.6) is 0 Å². The van der Waals surface area contributed by atoms with Crippen molar-refractivity contribution in [2.75, 3.05) is 4.90 Å². The molecule has 0 saturated heterocycles. The molecule has 2 heteroatoms. The summed E-state index contributed by atoms with van der Waals surface area (Å²) in [6, 6.07) is 36.2. The fourth-order valence-corrected chi connectivity index (χ4v) is 4.12. The number of fused-ring (bicyclic) bond motifs is 3. The predicted molar refractivity (Wildman–Crippen MR) is 124 cm³/mol. The minimum atomic E-state index is 0.988. The molecule has 1 aromatic heterocycles. The zero-order valence-corrected chi connectivity index (χ0v) is 16.4. The van der Waals surface area contributed by atoms with Crippen molar-refractivity contribution in [3.05, 3.63) is 115 Å². The van der Waals surface area contributed by atoms with Gasteiger partial charge in [0.05, 0.1) is 11.0 Å². The summed E-state index contributed by atoms with van der Waals surface area (Å²) in [6.07, 6.45) is 0. The molecule has 29 heavy (non-hydrogen) atoms. The molecule has 0 N–H and O–H groups in total. The molecular weight excluding hydrogens is 352 g/mol. The molecule has 0 fully saturated rings. The van der Waals surface area contributed by atoms with Crippen molar-refractivity contribution >= 4 is 33.2 Å². The van der Waals surface area contributed by atoms with Gasteiger partial charge < -0.3 is 9.47 Å². The lowest BCUT2D eigenvalue weighted by atomic mass is 10.1. The summed E-state index contributed by atoms with van der Waals surface area (Å²) in [5, 5.41) is 2.49. The predicted octanol–water partition coefficient (Wildman–Crippen LogP) is 7.46. The number of aromatic nitrogens is 1. The summed E-state index contributed by atoms with van der Waals surface area (Å²) in [5.74, 6) is 0. The van der Waals surface area contributed by atoms with Gasteiger partial charge in [0.2, 0.25) is 0 Å². The Morgan fingerprint density at radius 2 is 1.28 bits per heavy atom. The van der Waals surface area contributed by atoms with Gasteiger partial charge in [-0.2, -0.15) is 0 Å². The topological polar surface area (TPSA) is 8.17 Å². The van der Waals surface area contributed by atoms with Gasteiger partial charge in [-0.05, 0) is 55.5 Å². The van der Waals surface area contributed by atoms with Crippen LogP contribution in [0.3, 0.4) is 0 Å². The van der Waals surface area contributed by atoms with Gasteiger partial charge in [0.15, 0.2) is 0 Å². The van der Waals surface area contributed by atoms with Crippen LogP contribution >= 0.6 is 0 Å². The molecule has 0 amide bonds. The highest BCUT2D eigenvalue weighted by Crippen LogP contribution is 2.37. The lowest BCUT2D eigenvalue weighted by Crippen LogP contribution is -2.13. The number of hydrogen-bond acceptors (Lipinski definition) is 1. The van der Waals surface area contributed by atoms with Crippen LogP contribution in [-0.4, -0.2) is 4.57 Å². The summed E-state index contributed by atoms with van der Waals surface area (Å²) in [5.41, 5.74) is 6.82. The highest BCUT2D eigenvalue weighted by Gasteiger charge is 2.15. The zero-order valence-electron chi connectivity index (χ0n) is 16.4. The highest BCUT2D eigenvalue weighted by molar-refractivity contribution is 6.10. The first-order chi connectivity index (χ1) is 14.2. The summed E-state index contributed by atoms with van der Waals surface area (Å²) >= 11 is 0. The standard InChI is InChI=1S/C27H22N2/c1-20(2)28(21-11-5-3-6-12-21)23-17-18-27-25(19-23)24-15-9-10-16-26(24)29(27)22-13-7-4-8-14-22/h3-19H,1H2,2H3. The van der Waals surface area contributed by atoms with Crippen LogP contribution in [0.2, 0.25) is 0 Å². The van der Waals surface area contributed by atoms with E-state index in [0.29, 0.717) is 0 Å². The first kappa shape index (κ1) is 17.3. The number of rotatable bonds is 4. The Hall–Kier alpha value is -3.78. The maximum absolute atomic E-state index is 4.22. The number of nitrogens with zero attached hydrogens (tertiary/aromatic N) is 2. The van der Waals surface area contributed by atoms with Crippen molar-refractivity contribution in [2.24, 2.45) is 0 Å². The van der Waals surface area contributed by atoms with Crippen molar-refractivity contribution < 1.29 is 0 Å². The van der Waals surface area contributed by atoms with E-state index in [1.807, 2.05) is 13.0 Å². The van der Waals surface area contributed by atoms with E-state index in [2.05, 4.69) is 113 Å². The molecule has 0 spiro atoms. The summed E-state index contributed by atoms with van der Waals surface area (Å²) in [4.78, 5) is 2.20. The van der Waals surface area contributed by atoms with E-state index in [0.717, 1.165) is 17.1 Å². The Kier molecular flexibility index (Phi) is 4.18. The molecule has 140 valence electrons. The number of allylic oxidation sites excluding steroid dienone is 1. The number of para-hydroxylation sites is 3. The van der Waals surface area contributed by atoms with E-state index in [1.165, 1.54) is 27.5 Å². The molecular formula is C27H22N2. The molecule has 0 aliphatic carbocycles. The van der Waals surface area contributed by atoms with Crippen molar-refractivity contribution in [3.63, 3.8) is 0 Å². The van der Waals surface area contributed by atoms with E-state index < -0.39 is 0 Å². The maximum atomic E-state index is 4.22. The van der Waals surface area contributed by atoms with Gasteiger partial charge in [0, 0.05) is 33.5 Å². The summed E-state index contributed by atoms with van der Waals surface area (Å²) in [6.45, 7) is 6.27. The van der Waals surface area contributed by atoms with Crippen LogP contribution in [0.1, 0.15) is 6.92 Å². The number of benzene rings is 4. The van der Waals surface area contributed by atoms with Crippen LogP contribution in [0.15, 0.2) is 115 Å². The molecule has 0 aliphatic rings. The molecule has 2 nitrogen and oxygen atoms in total. The Balaban J connectivity index is 1.78. The van der Waals surface area contributed by atoms with Crippen molar-refractivity contribution in [1.29, 1.82) is 0 Å². The minimum Gasteiger partial charge on any atom is -0.315 e. The first-order valence-electron chi connectivity index (χ1n) is 9.83. The molecule has 0 bridgehead atoms. The third kappa shape index (κ3) is 2.90. The summed E-state index contributed by atoms with van der Waals surface area (Å²) < 4.78 is 2.34. The molecule has 1 heterocycles. The molecule has 4 aromatic carbocycles. The molecule has 0 radical (unpaired) electrons. The van der Waals surface area contributed by atoms with Crippen molar-refractivity contribution in [1.82, 2.24) is 4.57 Å². The lowest BCUT2D eigenvalue weighted by molar-refractivity contribution is 1.16. The van der Waals surface area contributed by atoms with Gasteiger partial charge in [-0.25, -0.2) is 0 Å². The lowest BCUT2D eigenvalue weighted by Gasteiger charge is -2.25. The second kappa shape index (κ2) is 6.99. The van der Waals surface area contributed by atoms with Gasteiger partial charge in [0.1, 0.15) is 0 Å². The van der Waals surface area contributed by atoms with Gasteiger partial charge in [-0.3, -0.25) is 0 Å². The van der Waals surface area contributed by atoms with E-state index in [9.17, 15) is 0 Å². The van der Waals surface area contributed by atoms with Crippen LogP contribution < -0.4 is 4.90 Å². The van der Waals surface area contributed by atoms with Crippen LogP contribution in [0.4, 0.5) is 11.4 Å². The van der Waals surface area contributed by atoms with E-state index in [1.54, 1.807) is 0 Å². The minimum absolute atomic E-state index is 0.988. The van der Waals surface area contributed by atoms with Gasteiger partial charge in [-0.1, -0.05) is 61.2 Å². The van der Waals surface area contributed by atoms with Crippen LogP contribution in [-0.2, 0) is 0 Å². The van der Waals surface area contributed by atoms with Crippen LogP contribution in [0, 0.1) is 0 Å². The average molecular weight is 374 g/mol. The van der Waals surface area contributed by atoms with E-state index >= 15 is 0 Å². The van der Waals surface area contributed by atoms with E-state index in [4.69, 9.17) is 0 Å². The molecule has 5 aromatic rings. The average Bonchev–Trinajstić information content (AvgIpc) is 3.09. The molecule has 0 aliphatic heterocycles. The SMILES string of the molecule is C=C(C)N(c1ccccc1)c1ccc2c(c1)c1ccccc1n2-c1ccccc1. The zero-order chi connectivity index (χ0) is 19.8. The number of hydrogen-bond donors (Lipinski definition) is 0. The molecule has 5 rings (SSSR count). The Morgan fingerprint density at radius 3 is 2.00 bits per heavy atom. The van der Waals surface area contributed by atoms with Gasteiger partial charge in [0.25, 0.3) is 0 Å². The Morgan fingerprint density at radius 1 is 0.655 bits per heavy atom. The number of anilines is 2. The van der Waals surface area contributed by atoms with Gasteiger partial charge >= 0.3 is 0 Å². The molecule has 0 saturated carbocycles. The fourth-order valence-electron chi connectivity index (χ4n) is 4.12. The first-order valence-corrected chi connectivity index (χ1v) is 9.83. The Labute approximate surface area is 170 Å². The van der Waals surface area contributed by atoms with Crippen molar-refractivity contribution in [2.45, 2.75) is 6.92 Å². The van der Waals surface area contributed by atoms with Crippen LogP contribution in [0.25, 0.3) is 27.5 Å². The smallest absolute Gasteiger partial charge is 0.0542 e. The highest BCUT2D eigenvalue weighted by atomic mass is 15.1. The second-order valence-corrected chi connectivity index (χ2v) is 7.30. The molecule has 0 unspecified atom stereocenters. The van der Waals surface area contributed by atoms with Crippen molar-refractivity contribution in [3.8, 4) is 5.69 Å². The Bertz CT molecular complexity index is 1310. The summed E-state index contributed by atoms with van der Waals surface area (Å²) in [7, 11) is 0. The third-order valence-electron chi connectivity index (χ3n) is 5.32. The van der Waals surface area contributed by atoms with Gasteiger partial charge in [-0.15, -0.1) is 0 Å². The second-order valence-electron chi connectivity index (χ2n) is 7.30. The maximum Gasteiger partial charge on any atom is 0.0542 e. The van der Waals surface area contributed by atoms with E-state index in [-0.39, 0.29) is 0 Å². The third-order valence-corrected chi connectivity index (χ3v) is 5.32.